The van der Waals surface area contributed by atoms with Crippen molar-refractivity contribution in [1.82, 2.24) is 0 Å². The van der Waals surface area contributed by atoms with E-state index in [4.69, 9.17) is 4.74 Å². The van der Waals surface area contributed by atoms with E-state index in [0.717, 1.165) is 6.61 Å². The average Bonchev–Trinajstić information content (AvgIpc) is 2.95. The molecule has 0 bridgehead atoms. The van der Waals surface area contributed by atoms with Gasteiger partial charge in [-0.05, 0) is 19.8 Å². The Morgan fingerprint density at radius 3 is 0.897 bits per heavy atom. The molecule has 1 nitrogen and oxygen atoms in total. The molecular formula is C38H76O. The van der Waals surface area contributed by atoms with Gasteiger partial charge in [0, 0.05) is 0 Å². The molecule has 0 radical (unpaired) electrons. The second-order valence-corrected chi connectivity index (χ2v) is 12.6. The van der Waals surface area contributed by atoms with Crippen LogP contribution in [0.1, 0.15) is 220 Å². The number of hydrogen-bond acceptors (Lipinski definition) is 1. The van der Waals surface area contributed by atoms with Crippen LogP contribution in [-0.4, -0.2) is 12.7 Å². The Morgan fingerprint density at radius 1 is 0.385 bits per heavy atom. The molecule has 1 unspecified atom stereocenters. The number of rotatable bonds is 34. The highest BCUT2D eigenvalue weighted by Crippen LogP contribution is 2.18. The van der Waals surface area contributed by atoms with E-state index in [0.29, 0.717) is 6.10 Å². The fraction of sp³-hybridized carbons (Fsp3) is 0.947. The Kier molecular flexibility index (Phi) is 35.5. The van der Waals surface area contributed by atoms with Crippen LogP contribution in [0.15, 0.2) is 12.2 Å². The van der Waals surface area contributed by atoms with E-state index >= 15 is 0 Å². The van der Waals surface area contributed by atoms with Crippen molar-refractivity contribution in [1.29, 1.82) is 0 Å². The van der Waals surface area contributed by atoms with Crippen LogP contribution in [0.3, 0.4) is 0 Å². The molecule has 0 heterocycles. The van der Waals surface area contributed by atoms with E-state index in [1.54, 1.807) is 0 Å². The second kappa shape index (κ2) is 35.7. The molecule has 0 aromatic carbocycles. The van der Waals surface area contributed by atoms with Crippen LogP contribution < -0.4 is 0 Å². The summed E-state index contributed by atoms with van der Waals surface area (Å²) < 4.78 is 6.23. The van der Waals surface area contributed by atoms with Crippen molar-refractivity contribution in [2.45, 2.75) is 226 Å². The van der Waals surface area contributed by atoms with Gasteiger partial charge in [0.05, 0.1) is 12.7 Å². The summed E-state index contributed by atoms with van der Waals surface area (Å²) in [7, 11) is 0. The molecule has 39 heavy (non-hydrogen) atoms. The van der Waals surface area contributed by atoms with Crippen LogP contribution >= 0.6 is 0 Å². The molecule has 1 heteroatoms. The molecule has 234 valence electrons. The van der Waals surface area contributed by atoms with E-state index in [9.17, 15) is 0 Å². The summed E-state index contributed by atoms with van der Waals surface area (Å²) >= 11 is 0. The van der Waals surface area contributed by atoms with Crippen molar-refractivity contribution >= 4 is 0 Å². The second-order valence-electron chi connectivity index (χ2n) is 12.6. The van der Waals surface area contributed by atoms with Crippen LogP contribution in [-0.2, 0) is 4.74 Å². The van der Waals surface area contributed by atoms with Gasteiger partial charge in [0.25, 0.3) is 0 Å². The van der Waals surface area contributed by atoms with Gasteiger partial charge in [-0.25, -0.2) is 0 Å². The first-order valence-corrected chi connectivity index (χ1v) is 18.6. The fourth-order valence-corrected chi connectivity index (χ4v) is 5.91. The summed E-state index contributed by atoms with van der Waals surface area (Å²) in [4.78, 5) is 0. The van der Waals surface area contributed by atoms with Gasteiger partial charge in [0.15, 0.2) is 0 Å². The maximum atomic E-state index is 6.23. The first-order chi connectivity index (χ1) is 19.3. The molecule has 0 rings (SSSR count). The summed E-state index contributed by atoms with van der Waals surface area (Å²) in [6, 6.07) is 0. The highest BCUT2D eigenvalue weighted by Gasteiger charge is 2.08. The number of ether oxygens (including phenoxy) is 1. The molecule has 0 saturated carbocycles. The summed E-state index contributed by atoms with van der Waals surface area (Å²) in [5.41, 5.74) is 0. The molecule has 0 amide bonds. The topological polar surface area (TPSA) is 9.23 Å². The minimum absolute atomic E-state index is 0.487. The molecule has 0 fully saturated rings. The zero-order chi connectivity index (χ0) is 28.3. The van der Waals surface area contributed by atoms with Crippen LogP contribution in [0.25, 0.3) is 0 Å². The Balaban J connectivity index is 3.56. The van der Waals surface area contributed by atoms with Gasteiger partial charge in [-0.2, -0.15) is 0 Å². The van der Waals surface area contributed by atoms with E-state index in [-0.39, 0.29) is 0 Å². The van der Waals surface area contributed by atoms with Crippen LogP contribution in [0.5, 0.6) is 0 Å². The third-order valence-electron chi connectivity index (χ3n) is 8.67. The third kappa shape index (κ3) is 33.8. The molecule has 0 aromatic rings. The maximum Gasteiger partial charge on any atom is 0.0651 e. The van der Waals surface area contributed by atoms with Crippen molar-refractivity contribution in [3.63, 3.8) is 0 Å². The normalized spacial score (nSPS) is 12.6. The van der Waals surface area contributed by atoms with Crippen LogP contribution in [0.4, 0.5) is 0 Å². The minimum atomic E-state index is 0.487. The summed E-state index contributed by atoms with van der Waals surface area (Å²) in [6.45, 7) is 7.51. The lowest BCUT2D eigenvalue weighted by molar-refractivity contribution is 0.0572. The standard InChI is InChI=1S/C38H76O/c1-4-7-10-12-14-16-18-20-22-24-26-28-30-32-34-36-38(39-37-9-6-3)35-33-31-29-27-25-23-21-19-17-15-13-11-8-5-2/h6,9,38H,4-5,7-8,10-37H2,1-3H3. The predicted octanol–water partition coefficient (Wildman–Crippen LogP) is 14.1. The molecule has 0 saturated heterocycles. The summed E-state index contributed by atoms with van der Waals surface area (Å²) in [5.74, 6) is 0. The zero-order valence-corrected chi connectivity index (χ0v) is 27.8. The Hall–Kier alpha value is -0.300. The van der Waals surface area contributed by atoms with Gasteiger partial charge >= 0.3 is 0 Å². The smallest absolute Gasteiger partial charge is 0.0651 e. The number of allylic oxidation sites excluding steroid dienone is 1. The van der Waals surface area contributed by atoms with Crippen molar-refractivity contribution in [3.8, 4) is 0 Å². The first kappa shape index (κ1) is 38.7. The predicted molar refractivity (Wildman–Crippen MR) is 179 cm³/mol. The summed E-state index contributed by atoms with van der Waals surface area (Å²) in [5, 5.41) is 0. The highest BCUT2D eigenvalue weighted by molar-refractivity contribution is 4.77. The number of unbranched alkanes of at least 4 members (excludes halogenated alkanes) is 27. The molecular weight excluding hydrogens is 472 g/mol. The van der Waals surface area contributed by atoms with E-state index in [1.165, 1.54) is 199 Å². The lowest BCUT2D eigenvalue weighted by Gasteiger charge is -2.17. The lowest BCUT2D eigenvalue weighted by Crippen LogP contribution is -2.13. The van der Waals surface area contributed by atoms with Crippen molar-refractivity contribution in [2.24, 2.45) is 0 Å². The van der Waals surface area contributed by atoms with Gasteiger partial charge < -0.3 is 4.74 Å². The third-order valence-corrected chi connectivity index (χ3v) is 8.67. The van der Waals surface area contributed by atoms with Gasteiger partial charge in [0.2, 0.25) is 0 Å². The molecule has 0 N–H and O–H groups in total. The monoisotopic (exact) mass is 549 g/mol. The van der Waals surface area contributed by atoms with Gasteiger partial charge in [-0.1, -0.05) is 212 Å². The van der Waals surface area contributed by atoms with Crippen molar-refractivity contribution in [2.75, 3.05) is 6.61 Å². The van der Waals surface area contributed by atoms with Gasteiger partial charge in [-0.15, -0.1) is 0 Å². The van der Waals surface area contributed by atoms with Gasteiger partial charge in [-0.3, -0.25) is 0 Å². The largest absolute Gasteiger partial charge is 0.374 e. The molecule has 1 atom stereocenters. The lowest BCUT2D eigenvalue weighted by atomic mass is 10.0. The SMILES string of the molecule is CC=CCOC(CCCCCCCCCCCCCCCC)CCCCCCCCCCCCCCCCC. The van der Waals surface area contributed by atoms with Gasteiger partial charge in [0.1, 0.15) is 0 Å². The quantitative estimate of drug-likeness (QED) is 0.0574. The van der Waals surface area contributed by atoms with Crippen LogP contribution in [0.2, 0.25) is 0 Å². The Labute approximate surface area is 249 Å². The van der Waals surface area contributed by atoms with Crippen LogP contribution in [0, 0.1) is 0 Å². The Morgan fingerprint density at radius 2 is 0.641 bits per heavy atom. The molecule has 0 aliphatic heterocycles. The number of hydrogen-bond donors (Lipinski definition) is 0. The Bertz CT molecular complexity index is 442. The fourth-order valence-electron chi connectivity index (χ4n) is 5.91. The van der Waals surface area contributed by atoms with E-state index in [1.807, 2.05) is 0 Å². The van der Waals surface area contributed by atoms with E-state index < -0.39 is 0 Å². The average molecular weight is 549 g/mol. The minimum Gasteiger partial charge on any atom is -0.374 e. The first-order valence-electron chi connectivity index (χ1n) is 18.6. The molecule has 0 aromatic heterocycles. The zero-order valence-electron chi connectivity index (χ0n) is 27.8. The highest BCUT2D eigenvalue weighted by atomic mass is 16.5. The maximum absolute atomic E-state index is 6.23. The van der Waals surface area contributed by atoms with E-state index in [2.05, 4.69) is 32.9 Å². The van der Waals surface area contributed by atoms with Crippen molar-refractivity contribution < 1.29 is 4.74 Å². The molecule has 0 aliphatic rings. The summed E-state index contributed by atoms with van der Waals surface area (Å²) in [6.07, 6.45) is 49.1. The molecule has 0 aliphatic carbocycles. The molecule has 0 spiro atoms. The van der Waals surface area contributed by atoms with Crippen molar-refractivity contribution in [3.05, 3.63) is 12.2 Å².